The molecule has 3 aromatic carbocycles. The summed E-state index contributed by atoms with van der Waals surface area (Å²) in [5.74, 6) is 1.70. The molecule has 0 spiro atoms. The predicted octanol–water partition coefficient (Wildman–Crippen LogP) is 3.90. The first-order chi connectivity index (χ1) is 25.9. The van der Waals surface area contributed by atoms with Crippen molar-refractivity contribution < 1.29 is 28.5 Å². The van der Waals surface area contributed by atoms with Crippen LogP contribution in [-0.4, -0.2) is 127 Å². The molecule has 1 N–H and O–H groups in total. The fourth-order valence-electron chi connectivity index (χ4n) is 8.08. The minimum Gasteiger partial charge on any atom is -0.496 e. The largest absolute Gasteiger partial charge is 0.496 e. The maximum absolute atomic E-state index is 14.3. The normalized spacial score (nSPS) is 20.2. The van der Waals surface area contributed by atoms with E-state index in [0.717, 1.165) is 56.4 Å². The number of carbonyl (C=O) groups is 2. The van der Waals surface area contributed by atoms with E-state index in [1.807, 2.05) is 40.1 Å². The summed E-state index contributed by atoms with van der Waals surface area (Å²) in [6.07, 6.45) is 4.68. The molecule has 1 atom stereocenters. The number of morpholine rings is 1. The summed E-state index contributed by atoms with van der Waals surface area (Å²) in [4.78, 5) is 34.1. The molecule has 14 heteroatoms. The highest BCUT2D eigenvalue weighted by Crippen LogP contribution is 2.43. The van der Waals surface area contributed by atoms with Crippen LogP contribution in [-0.2, 0) is 15.7 Å². The van der Waals surface area contributed by atoms with Gasteiger partial charge in [0.2, 0.25) is 0 Å². The second kappa shape index (κ2) is 15.8. The van der Waals surface area contributed by atoms with Crippen molar-refractivity contribution >= 4 is 11.9 Å². The number of amides is 3. The maximum Gasteiger partial charge on any atom is 0.318 e. The van der Waals surface area contributed by atoms with Crippen LogP contribution in [0.4, 0.5) is 4.79 Å². The molecule has 53 heavy (non-hydrogen) atoms. The van der Waals surface area contributed by atoms with Gasteiger partial charge in [-0.15, -0.1) is 5.10 Å². The molecule has 4 heterocycles. The van der Waals surface area contributed by atoms with Crippen LogP contribution in [0.25, 0.3) is 5.69 Å². The van der Waals surface area contributed by atoms with E-state index in [4.69, 9.17) is 18.9 Å². The van der Waals surface area contributed by atoms with E-state index in [-0.39, 0.29) is 17.4 Å². The highest BCUT2D eigenvalue weighted by Gasteiger charge is 2.44. The number of rotatable bonds is 11. The molecule has 4 aromatic rings. The number of nitrogens with one attached hydrogen (secondary N) is 1. The summed E-state index contributed by atoms with van der Waals surface area (Å²) in [6, 6.07) is 21.8. The Morgan fingerprint density at radius 2 is 1.53 bits per heavy atom. The van der Waals surface area contributed by atoms with Gasteiger partial charge in [-0.1, -0.05) is 36.4 Å². The second-order valence-corrected chi connectivity index (χ2v) is 14.0. The summed E-state index contributed by atoms with van der Waals surface area (Å²) in [5.41, 5.74) is 2.56. The number of nitrogens with zero attached hydrogens (tertiary/aromatic N) is 7. The van der Waals surface area contributed by atoms with E-state index in [1.165, 1.54) is 11.0 Å². The molecule has 1 aromatic heterocycles. The lowest BCUT2D eigenvalue weighted by Crippen LogP contribution is -2.57. The zero-order valence-electron chi connectivity index (χ0n) is 30.7. The Hall–Kier alpha value is -5.21. The number of urea groups is 1. The quantitative estimate of drug-likeness (QED) is 0.243. The Morgan fingerprint density at radius 1 is 0.792 bits per heavy atom. The van der Waals surface area contributed by atoms with E-state index in [9.17, 15) is 9.59 Å². The molecule has 7 rings (SSSR count). The third-order valence-corrected chi connectivity index (χ3v) is 11.3. The molecule has 0 aliphatic carbocycles. The minimum absolute atomic E-state index is 0.0335. The summed E-state index contributed by atoms with van der Waals surface area (Å²) < 4.78 is 24.0. The number of methoxy groups -OCH3 is 3. The standard InChI is InChI=1S/C39H48N8O6/c1-50-33-12-10-31(47-28-40-42-43-47)26-32(33)36(48)46-20-14-38(27-46,30-9-11-34(51-2)35(25-30)52-3)13-17-44-18-15-39(16-19-44,29-7-5-4-6-8-29)41-37(49)45-21-23-53-24-22-45/h4-12,25-26,28H,13-24,27H2,1-3H3,(H,41,49). The van der Waals surface area contributed by atoms with E-state index < -0.39 is 5.54 Å². The lowest BCUT2D eigenvalue weighted by Gasteiger charge is -2.44. The molecule has 3 aliphatic heterocycles. The van der Waals surface area contributed by atoms with E-state index in [0.29, 0.717) is 67.9 Å². The minimum atomic E-state index is -0.458. The molecule has 3 aliphatic rings. The van der Waals surface area contributed by atoms with Crippen molar-refractivity contribution in [2.24, 2.45) is 0 Å². The van der Waals surface area contributed by atoms with Crippen molar-refractivity contribution in [3.8, 4) is 22.9 Å². The fourth-order valence-corrected chi connectivity index (χ4v) is 8.08. The fraction of sp³-hybridized carbons (Fsp3) is 0.462. The van der Waals surface area contributed by atoms with Crippen molar-refractivity contribution in [3.05, 3.63) is 89.7 Å². The molecule has 14 nitrogen and oxygen atoms in total. The number of hydrogen-bond acceptors (Lipinski definition) is 10. The molecule has 0 saturated carbocycles. The topological polar surface area (TPSA) is 136 Å². The number of hydrogen-bond donors (Lipinski definition) is 1. The number of tetrazole rings is 1. The number of aromatic nitrogens is 4. The van der Waals surface area contributed by atoms with Crippen LogP contribution in [0.1, 0.15) is 47.2 Å². The first kappa shape index (κ1) is 36.2. The van der Waals surface area contributed by atoms with Crippen molar-refractivity contribution in [3.63, 3.8) is 0 Å². The number of piperidine rings is 1. The highest BCUT2D eigenvalue weighted by molar-refractivity contribution is 5.98. The van der Waals surface area contributed by atoms with Crippen LogP contribution in [0, 0.1) is 0 Å². The Morgan fingerprint density at radius 3 is 2.23 bits per heavy atom. The van der Waals surface area contributed by atoms with Gasteiger partial charge in [-0.25, -0.2) is 9.48 Å². The average molecular weight is 725 g/mol. The van der Waals surface area contributed by atoms with Crippen molar-refractivity contribution in [2.75, 3.05) is 80.4 Å². The Kier molecular flexibility index (Phi) is 10.8. The number of likely N-dealkylation sites (tertiary alicyclic amines) is 2. The SMILES string of the molecule is COc1ccc(C2(CCN3CCC(NC(=O)N4CCOCC4)(c4ccccc4)CC3)CCN(C(=O)c3cc(-n4cnnn4)ccc3OC)C2)cc1OC. The molecule has 280 valence electrons. The highest BCUT2D eigenvalue weighted by atomic mass is 16.5. The first-order valence-electron chi connectivity index (χ1n) is 18.2. The van der Waals surface area contributed by atoms with Crippen LogP contribution < -0.4 is 19.5 Å². The van der Waals surface area contributed by atoms with Gasteiger partial charge in [0.15, 0.2) is 11.5 Å². The summed E-state index contributed by atoms with van der Waals surface area (Å²) in [6.45, 7) is 5.89. The van der Waals surface area contributed by atoms with Gasteiger partial charge >= 0.3 is 6.03 Å². The summed E-state index contributed by atoms with van der Waals surface area (Å²) in [5, 5.41) is 14.9. The van der Waals surface area contributed by atoms with Gasteiger partial charge in [-0.05, 0) is 84.1 Å². The summed E-state index contributed by atoms with van der Waals surface area (Å²) in [7, 11) is 4.85. The first-order valence-corrected chi connectivity index (χ1v) is 18.2. The Balaban J connectivity index is 1.11. The molecule has 1 unspecified atom stereocenters. The number of benzene rings is 3. The zero-order chi connectivity index (χ0) is 36.8. The van der Waals surface area contributed by atoms with Gasteiger partial charge in [-0.2, -0.15) is 0 Å². The van der Waals surface area contributed by atoms with Crippen LogP contribution >= 0.6 is 0 Å². The molecular weight excluding hydrogens is 676 g/mol. The smallest absolute Gasteiger partial charge is 0.318 e. The monoisotopic (exact) mass is 724 g/mol. The molecular formula is C39H48N8O6. The molecule has 3 amide bonds. The van der Waals surface area contributed by atoms with E-state index in [2.05, 4.69) is 50.0 Å². The van der Waals surface area contributed by atoms with Crippen LogP contribution in [0.15, 0.2) is 73.1 Å². The van der Waals surface area contributed by atoms with Gasteiger partial charge in [0.05, 0.1) is 51.3 Å². The van der Waals surface area contributed by atoms with Crippen LogP contribution in [0.2, 0.25) is 0 Å². The van der Waals surface area contributed by atoms with E-state index in [1.54, 1.807) is 33.5 Å². The molecule has 3 saturated heterocycles. The Bertz CT molecular complexity index is 1860. The van der Waals surface area contributed by atoms with E-state index >= 15 is 0 Å². The van der Waals surface area contributed by atoms with Crippen LogP contribution in [0.5, 0.6) is 17.2 Å². The van der Waals surface area contributed by atoms with Crippen molar-refractivity contribution in [2.45, 2.75) is 36.6 Å². The van der Waals surface area contributed by atoms with Crippen molar-refractivity contribution in [1.29, 1.82) is 0 Å². The second-order valence-electron chi connectivity index (χ2n) is 14.0. The van der Waals surface area contributed by atoms with Gasteiger partial charge in [-0.3, -0.25) is 4.79 Å². The maximum atomic E-state index is 14.3. The van der Waals surface area contributed by atoms with Gasteiger partial charge in [0.1, 0.15) is 12.1 Å². The summed E-state index contributed by atoms with van der Waals surface area (Å²) >= 11 is 0. The lowest BCUT2D eigenvalue weighted by atomic mass is 9.76. The number of carbonyl (C=O) groups excluding carboxylic acids is 2. The molecule has 0 radical (unpaired) electrons. The van der Waals surface area contributed by atoms with Crippen LogP contribution in [0.3, 0.4) is 0 Å². The molecule has 3 fully saturated rings. The predicted molar refractivity (Wildman–Crippen MR) is 197 cm³/mol. The van der Waals surface area contributed by atoms with Gasteiger partial charge in [0, 0.05) is 44.7 Å². The van der Waals surface area contributed by atoms with Crippen molar-refractivity contribution in [1.82, 2.24) is 40.2 Å². The average Bonchev–Trinajstić information content (AvgIpc) is 3.93. The lowest BCUT2D eigenvalue weighted by molar-refractivity contribution is 0.0476. The zero-order valence-corrected chi connectivity index (χ0v) is 30.7. The third-order valence-electron chi connectivity index (χ3n) is 11.3. The third kappa shape index (κ3) is 7.51. The van der Waals surface area contributed by atoms with Gasteiger partial charge in [0.25, 0.3) is 5.91 Å². The van der Waals surface area contributed by atoms with Gasteiger partial charge < -0.3 is 39.0 Å². The molecule has 0 bridgehead atoms. The number of ether oxygens (including phenoxy) is 4. The Labute approximate surface area is 309 Å².